The fourth-order valence-electron chi connectivity index (χ4n) is 4.79. The molecular weight excluding hydrogens is 466 g/mol. The fraction of sp³-hybridized carbons (Fsp3) is 0.267. The number of nitrogens with one attached hydrogen (secondary N) is 1. The summed E-state index contributed by atoms with van der Waals surface area (Å²) in [5, 5.41) is 3.21. The third-order valence-corrected chi connectivity index (χ3v) is 7.91. The molecule has 1 N–H and O–H groups in total. The number of anilines is 1. The van der Waals surface area contributed by atoms with Crippen LogP contribution < -0.4 is 10.2 Å². The van der Waals surface area contributed by atoms with Gasteiger partial charge >= 0.3 is 0 Å². The quantitative estimate of drug-likeness (QED) is 0.473. The highest BCUT2D eigenvalue weighted by Gasteiger charge is 2.28. The monoisotopic (exact) mass is 497 g/mol. The lowest BCUT2D eigenvalue weighted by Crippen LogP contribution is -2.44. The van der Waals surface area contributed by atoms with Gasteiger partial charge < -0.3 is 10.2 Å². The molecule has 5 rings (SSSR count). The average Bonchev–Trinajstić information content (AvgIpc) is 2.89. The second kappa shape index (κ2) is 10.7. The maximum atomic E-state index is 13.1. The SMILES string of the molecule is Cc1cccc(/C=C2/Sc3ccc(C(=O)NC4CCN(Cc5ccccc5)CC4)cc3N(C)C2=O)c1. The smallest absolute Gasteiger partial charge is 0.264 e. The lowest BCUT2D eigenvalue weighted by Gasteiger charge is -2.32. The molecule has 5 nitrogen and oxygen atoms in total. The summed E-state index contributed by atoms with van der Waals surface area (Å²) in [6.07, 6.45) is 3.81. The van der Waals surface area contributed by atoms with Crippen molar-refractivity contribution in [3.05, 3.63) is 100.0 Å². The summed E-state index contributed by atoms with van der Waals surface area (Å²) in [5.41, 5.74) is 4.85. The largest absolute Gasteiger partial charge is 0.349 e. The molecule has 1 saturated heterocycles. The Morgan fingerprint density at radius 3 is 2.56 bits per heavy atom. The van der Waals surface area contributed by atoms with Gasteiger partial charge in [-0.2, -0.15) is 0 Å². The Balaban J connectivity index is 1.22. The van der Waals surface area contributed by atoms with Crippen molar-refractivity contribution in [3.63, 3.8) is 0 Å². The van der Waals surface area contributed by atoms with Gasteiger partial charge in [0.2, 0.25) is 0 Å². The number of likely N-dealkylation sites (tertiary alicyclic amines) is 1. The van der Waals surface area contributed by atoms with Crippen molar-refractivity contribution in [3.8, 4) is 0 Å². The van der Waals surface area contributed by atoms with Crippen molar-refractivity contribution in [2.24, 2.45) is 0 Å². The molecule has 184 valence electrons. The first-order valence-corrected chi connectivity index (χ1v) is 13.2. The van der Waals surface area contributed by atoms with Crippen LogP contribution in [0.5, 0.6) is 0 Å². The molecule has 0 atom stereocenters. The number of fused-ring (bicyclic) bond motifs is 1. The van der Waals surface area contributed by atoms with E-state index in [0.717, 1.165) is 54.2 Å². The van der Waals surface area contributed by atoms with E-state index in [1.165, 1.54) is 17.3 Å². The molecule has 2 heterocycles. The number of benzene rings is 3. The van der Waals surface area contributed by atoms with Crippen LogP contribution in [0.2, 0.25) is 0 Å². The molecule has 0 unspecified atom stereocenters. The Hall–Kier alpha value is -3.35. The number of piperidine rings is 1. The van der Waals surface area contributed by atoms with Gasteiger partial charge in [0, 0.05) is 43.2 Å². The first-order chi connectivity index (χ1) is 17.5. The maximum absolute atomic E-state index is 13.1. The first-order valence-electron chi connectivity index (χ1n) is 12.4. The van der Waals surface area contributed by atoms with E-state index in [1.54, 1.807) is 11.9 Å². The summed E-state index contributed by atoms with van der Waals surface area (Å²) >= 11 is 1.46. The fourth-order valence-corrected chi connectivity index (χ4v) is 5.88. The van der Waals surface area contributed by atoms with E-state index in [2.05, 4.69) is 40.5 Å². The van der Waals surface area contributed by atoms with Gasteiger partial charge in [-0.3, -0.25) is 14.5 Å². The zero-order chi connectivity index (χ0) is 25.1. The van der Waals surface area contributed by atoms with E-state index in [1.807, 2.05) is 55.5 Å². The van der Waals surface area contributed by atoms with Gasteiger partial charge in [-0.05, 0) is 55.2 Å². The highest BCUT2D eigenvalue weighted by Crippen LogP contribution is 2.42. The van der Waals surface area contributed by atoms with Crippen molar-refractivity contribution in [1.82, 2.24) is 10.2 Å². The molecule has 6 heteroatoms. The Bertz CT molecular complexity index is 1300. The molecule has 0 spiro atoms. The molecule has 0 aliphatic carbocycles. The lowest BCUT2D eigenvalue weighted by molar-refractivity contribution is -0.114. The zero-order valence-electron chi connectivity index (χ0n) is 20.7. The lowest BCUT2D eigenvalue weighted by atomic mass is 10.0. The molecular formula is C30H31N3O2S. The van der Waals surface area contributed by atoms with E-state index < -0.39 is 0 Å². The standard InChI is InChI=1S/C30H31N3O2S/c1-21-7-6-10-23(17-21)18-28-30(35)32(2)26-19-24(11-12-27(26)36-28)29(34)31-25-13-15-33(16-14-25)20-22-8-4-3-5-9-22/h3-12,17-19,25H,13-16,20H2,1-2H3,(H,31,34)/b28-18+. The second-order valence-electron chi connectivity index (χ2n) is 9.58. The average molecular weight is 498 g/mol. The van der Waals surface area contributed by atoms with Crippen LogP contribution in [-0.4, -0.2) is 42.9 Å². The highest BCUT2D eigenvalue weighted by molar-refractivity contribution is 8.04. The van der Waals surface area contributed by atoms with Crippen LogP contribution in [0.4, 0.5) is 5.69 Å². The molecule has 36 heavy (non-hydrogen) atoms. The Morgan fingerprint density at radius 2 is 1.81 bits per heavy atom. The number of aryl methyl sites for hydroxylation is 1. The molecule has 3 aromatic carbocycles. The van der Waals surface area contributed by atoms with E-state index in [9.17, 15) is 9.59 Å². The number of carbonyl (C=O) groups is 2. The molecule has 2 aliphatic heterocycles. The van der Waals surface area contributed by atoms with Crippen LogP contribution >= 0.6 is 11.8 Å². The van der Waals surface area contributed by atoms with Crippen LogP contribution in [0.1, 0.15) is 39.9 Å². The van der Waals surface area contributed by atoms with Crippen LogP contribution in [0.15, 0.2) is 82.6 Å². The number of rotatable bonds is 5. The molecule has 0 bridgehead atoms. The summed E-state index contributed by atoms with van der Waals surface area (Å²) < 4.78 is 0. The topological polar surface area (TPSA) is 52.7 Å². The summed E-state index contributed by atoms with van der Waals surface area (Å²) in [5.74, 6) is -0.136. The van der Waals surface area contributed by atoms with E-state index in [0.29, 0.717) is 10.5 Å². The maximum Gasteiger partial charge on any atom is 0.264 e. The number of likely N-dealkylation sites (N-methyl/N-ethyl adjacent to an activating group) is 1. The minimum absolute atomic E-state index is 0.0580. The van der Waals surface area contributed by atoms with Gasteiger partial charge in [-0.25, -0.2) is 0 Å². The van der Waals surface area contributed by atoms with E-state index in [-0.39, 0.29) is 17.9 Å². The molecule has 2 amide bonds. The molecule has 3 aromatic rings. The summed E-state index contributed by atoms with van der Waals surface area (Å²) in [4.78, 5) is 31.9. The summed E-state index contributed by atoms with van der Waals surface area (Å²) in [6.45, 7) is 4.92. The van der Waals surface area contributed by atoms with Crippen molar-refractivity contribution in [2.45, 2.75) is 37.2 Å². The van der Waals surface area contributed by atoms with Crippen molar-refractivity contribution in [1.29, 1.82) is 0 Å². The van der Waals surface area contributed by atoms with Gasteiger partial charge in [0.1, 0.15) is 0 Å². The van der Waals surface area contributed by atoms with Crippen molar-refractivity contribution >= 4 is 35.3 Å². The predicted molar refractivity (Wildman–Crippen MR) is 147 cm³/mol. The van der Waals surface area contributed by atoms with Gasteiger partial charge in [0.05, 0.1) is 10.6 Å². The number of hydrogen-bond acceptors (Lipinski definition) is 4. The first kappa shape index (κ1) is 24.3. The number of nitrogens with zero attached hydrogens (tertiary/aromatic N) is 2. The van der Waals surface area contributed by atoms with Gasteiger partial charge in [-0.1, -0.05) is 71.9 Å². The summed E-state index contributed by atoms with van der Waals surface area (Å²) in [6, 6.07) is 24.4. The zero-order valence-corrected chi connectivity index (χ0v) is 21.6. The molecule has 1 fully saturated rings. The van der Waals surface area contributed by atoms with Crippen molar-refractivity contribution in [2.75, 3.05) is 25.0 Å². The number of carbonyl (C=O) groups excluding carboxylic acids is 2. The van der Waals surface area contributed by atoms with Crippen LogP contribution in [0.3, 0.4) is 0 Å². The van der Waals surface area contributed by atoms with E-state index >= 15 is 0 Å². The van der Waals surface area contributed by atoms with Gasteiger partial charge in [-0.15, -0.1) is 0 Å². The third-order valence-electron chi connectivity index (χ3n) is 6.83. The normalized spacial score (nSPS) is 17.8. The van der Waals surface area contributed by atoms with Crippen molar-refractivity contribution < 1.29 is 9.59 Å². The van der Waals surface area contributed by atoms with E-state index in [4.69, 9.17) is 0 Å². The molecule has 0 radical (unpaired) electrons. The number of thioether (sulfide) groups is 1. The number of amides is 2. The highest BCUT2D eigenvalue weighted by atomic mass is 32.2. The van der Waals surface area contributed by atoms with Crippen LogP contribution in [0, 0.1) is 6.92 Å². The molecule has 0 saturated carbocycles. The molecule has 0 aromatic heterocycles. The van der Waals surface area contributed by atoms with Crippen LogP contribution in [-0.2, 0) is 11.3 Å². The minimum Gasteiger partial charge on any atom is -0.349 e. The minimum atomic E-state index is -0.0775. The Morgan fingerprint density at radius 1 is 1.03 bits per heavy atom. The van der Waals surface area contributed by atoms with Crippen LogP contribution in [0.25, 0.3) is 6.08 Å². The third kappa shape index (κ3) is 5.55. The second-order valence-corrected chi connectivity index (χ2v) is 10.7. The Labute approximate surface area is 217 Å². The van der Waals surface area contributed by atoms with Gasteiger partial charge in [0.15, 0.2) is 0 Å². The summed E-state index contributed by atoms with van der Waals surface area (Å²) in [7, 11) is 1.77. The number of hydrogen-bond donors (Lipinski definition) is 1. The molecule has 2 aliphatic rings. The Kier molecular flexibility index (Phi) is 7.25. The van der Waals surface area contributed by atoms with Gasteiger partial charge in [0.25, 0.3) is 11.8 Å². The predicted octanol–water partition coefficient (Wildman–Crippen LogP) is 5.50.